The number of benzene rings is 8. The van der Waals surface area contributed by atoms with Gasteiger partial charge in [0.25, 0.3) is 0 Å². The van der Waals surface area contributed by atoms with E-state index in [1.165, 1.54) is 22.3 Å². The lowest BCUT2D eigenvalue weighted by molar-refractivity contribution is 0.669. The minimum absolute atomic E-state index is 0.158. The molecule has 0 atom stereocenters. The van der Waals surface area contributed by atoms with Crippen LogP contribution in [0.2, 0.25) is 0 Å². The Balaban J connectivity index is 1.26. The zero-order chi connectivity index (χ0) is 34.1. The fourth-order valence-electron chi connectivity index (χ4n) is 6.78. The number of hydrogen-bond acceptors (Lipinski definition) is 1. The second kappa shape index (κ2) is 10.4. The van der Waals surface area contributed by atoms with E-state index in [9.17, 15) is 0 Å². The topological polar surface area (TPSA) is 13.1 Å². The van der Waals surface area contributed by atoms with Crippen molar-refractivity contribution in [2.75, 3.05) is 0 Å². The molecule has 0 N–H and O–H groups in total. The van der Waals surface area contributed by atoms with E-state index in [0.29, 0.717) is 16.7 Å². The predicted octanol–water partition coefficient (Wildman–Crippen LogP) is 12.6. The normalized spacial score (nSPS) is 13.1. The predicted molar refractivity (Wildman–Crippen MR) is 190 cm³/mol. The molecule has 0 saturated carbocycles. The van der Waals surface area contributed by atoms with Crippen LogP contribution in [-0.2, 0) is 0 Å². The van der Waals surface area contributed by atoms with E-state index >= 15 is 0 Å². The van der Waals surface area contributed by atoms with Gasteiger partial charge in [-0.25, -0.2) is 0 Å². The number of fused-ring (bicyclic) bond motifs is 5. The van der Waals surface area contributed by atoms with Crippen molar-refractivity contribution in [1.29, 1.82) is 0 Å². The molecule has 1 heterocycles. The van der Waals surface area contributed by atoms with Gasteiger partial charge in [-0.3, -0.25) is 0 Å². The Bertz CT molecular complexity index is 2730. The van der Waals surface area contributed by atoms with E-state index in [-0.39, 0.29) is 29.7 Å². The molecule has 0 aliphatic carbocycles. The van der Waals surface area contributed by atoms with Gasteiger partial charge in [0.05, 0.1) is 6.85 Å². The first-order valence-electron chi connectivity index (χ1n) is 17.5. The zero-order valence-electron chi connectivity index (χ0n) is 29.2. The molecule has 1 aromatic heterocycles. The van der Waals surface area contributed by atoms with Crippen LogP contribution in [0.25, 0.3) is 88.0 Å². The van der Waals surface area contributed by atoms with Crippen LogP contribution in [0.5, 0.6) is 0 Å². The van der Waals surface area contributed by atoms with E-state index in [1.54, 1.807) is 12.1 Å². The molecule has 45 heavy (non-hydrogen) atoms. The van der Waals surface area contributed by atoms with Gasteiger partial charge >= 0.3 is 0 Å². The lowest BCUT2D eigenvalue weighted by Crippen LogP contribution is -1.92. The lowest BCUT2D eigenvalue weighted by Gasteiger charge is -2.19. The van der Waals surface area contributed by atoms with Crippen LogP contribution in [0.3, 0.4) is 0 Å². The minimum atomic E-state index is -0.408. The second-order valence-corrected chi connectivity index (χ2v) is 11.3. The third-order valence-corrected chi connectivity index (χ3v) is 8.76. The molecule has 0 radical (unpaired) electrons. The highest BCUT2D eigenvalue weighted by molar-refractivity contribution is 6.23. The van der Waals surface area contributed by atoms with Gasteiger partial charge in [-0.2, -0.15) is 0 Å². The van der Waals surface area contributed by atoms with Gasteiger partial charge in [0, 0.05) is 10.8 Å². The first kappa shape index (κ1) is 20.9. The molecule has 1 heteroatoms. The van der Waals surface area contributed by atoms with Crippen LogP contribution in [-0.4, -0.2) is 0 Å². The van der Waals surface area contributed by atoms with Crippen molar-refractivity contribution in [2.45, 2.75) is 0 Å². The maximum absolute atomic E-state index is 8.47. The van der Waals surface area contributed by atoms with E-state index in [1.807, 2.05) is 12.1 Å². The largest absolute Gasteiger partial charge is 0.456 e. The first-order valence-corrected chi connectivity index (χ1v) is 15.0. The smallest absolute Gasteiger partial charge is 0.136 e. The highest BCUT2D eigenvalue weighted by Crippen LogP contribution is 2.46. The monoisotopic (exact) mass is 577 g/mol. The Morgan fingerprint density at radius 3 is 1.51 bits per heavy atom. The quantitative estimate of drug-likeness (QED) is 0.190. The van der Waals surface area contributed by atoms with Gasteiger partial charge in [0.15, 0.2) is 0 Å². The molecular weight excluding hydrogens is 544 g/mol. The van der Waals surface area contributed by atoms with E-state index in [0.717, 1.165) is 43.4 Å². The molecule has 0 aliphatic heterocycles. The number of furan rings is 1. The third-order valence-electron chi connectivity index (χ3n) is 8.76. The maximum atomic E-state index is 8.47. The Morgan fingerprint density at radius 1 is 0.356 bits per heavy atom. The SMILES string of the molecule is [2H]c1c([2H])c([2H])c(-c2ccc3c(c2)oc2cc(-c4c5ccccc5c(-c5ccccc5-c5ccccc5)c5ccccc45)ccc23)c([2H])c1[2H]. The van der Waals surface area contributed by atoms with Crippen LogP contribution in [0.15, 0.2) is 174 Å². The summed E-state index contributed by atoms with van der Waals surface area (Å²) >= 11 is 0. The maximum Gasteiger partial charge on any atom is 0.136 e. The van der Waals surface area contributed by atoms with Crippen LogP contribution in [0, 0.1) is 0 Å². The molecule has 0 saturated heterocycles. The fraction of sp³-hybridized carbons (Fsp3) is 0. The molecule has 0 fully saturated rings. The summed E-state index contributed by atoms with van der Waals surface area (Å²) in [5.41, 5.74) is 8.85. The molecule has 0 amide bonds. The number of hydrogen-bond donors (Lipinski definition) is 0. The summed E-state index contributed by atoms with van der Waals surface area (Å²) in [5, 5.41) is 6.45. The fourth-order valence-corrected chi connectivity index (χ4v) is 6.78. The van der Waals surface area contributed by atoms with Crippen LogP contribution < -0.4 is 0 Å². The molecule has 9 aromatic rings. The molecule has 0 unspecified atom stereocenters. The average molecular weight is 578 g/mol. The first-order chi connectivity index (χ1) is 24.4. The van der Waals surface area contributed by atoms with Crippen molar-refractivity contribution in [3.05, 3.63) is 170 Å². The Labute approximate surface area is 268 Å². The summed E-state index contributed by atoms with van der Waals surface area (Å²) in [7, 11) is 0. The molecule has 8 aromatic carbocycles. The van der Waals surface area contributed by atoms with Gasteiger partial charge in [0.1, 0.15) is 11.2 Å². The van der Waals surface area contributed by atoms with Crippen molar-refractivity contribution in [1.82, 2.24) is 0 Å². The highest BCUT2D eigenvalue weighted by Gasteiger charge is 2.19. The molecule has 1 nitrogen and oxygen atoms in total. The van der Waals surface area contributed by atoms with Crippen molar-refractivity contribution in [3.63, 3.8) is 0 Å². The van der Waals surface area contributed by atoms with E-state index in [2.05, 4.69) is 115 Å². The Hall–Kier alpha value is -5.92. The molecule has 0 spiro atoms. The van der Waals surface area contributed by atoms with Crippen LogP contribution in [0.1, 0.15) is 6.85 Å². The summed E-state index contributed by atoms with van der Waals surface area (Å²) < 4.78 is 47.7. The Kier molecular flexibility index (Phi) is 4.81. The average Bonchev–Trinajstić information content (AvgIpc) is 3.53. The van der Waals surface area contributed by atoms with Gasteiger partial charge in [-0.1, -0.05) is 145 Å². The zero-order valence-corrected chi connectivity index (χ0v) is 24.2. The summed E-state index contributed by atoms with van der Waals surface area (Å²) in [5.74, 6) is 0. The van der Waals surface area contributed by atoms with E-state index < -0.39 is 6.04 Å². The van der Waals surface area contributed by atoms with Crippen molar-refractivity contribution in [3.8, 4) is 44.5 Å². The van der Waals surface area contributed by atoms with Gasteiger partial charge in [-0.15, -0.1) is 0 Å². The summed E-state index contributed by atoms with van der Waals surface area (Å²) in [6, 6.07) is 46.5. The summed E-state index contributed by atoms with van der Waals surface area (Å²) in [4.78, 5) is 0. The van der Waals surface area contributed by atoms with Crippen molar-refractivity contribution >= 4 is 43.5 Å². The molecule has 210 valence electrons. The highest BCUT2D eigenvalue weighted by atomic mass is 16.3. The summed E-state index contributed by atoms with van der Waals surface area (Å²) in [6.45, 7) is 0. The van der Waals surface area contributed by atoms with Crippen molar-refractivity contribution < 1.29 is 11.3 Å². The minimum Gasteiger partial charge on any atom is -0.456 e. The summed E-state index contributed by atoms with van der Waals surface area (Å²) in [6.07, 6.45) is 0. The number of rotatable bonds is 4. The molecule has 9 rings (SSSR count). The second-order valence-electron chi connectivity index (χ2n) is 11.3. The third kappa shape index (κ3) is 4.17. The lowest BCUT2D eigenvalue weighted by atomic mass is 9.84. The van der Waals surface area contributed by atoms with Gasteiger partial charge < -0.3 is 4.42 Å². The van der Waals surface area contributed by atoms with Crippen LogP contribution >= 0.6 is 0 Å². The molecular formula is C44H28O. The van der Waals surface area contributed by atoms with Crippen molar-refractivity contribution in [2.24, 2.45) is 0 Å². The van der Waals surface area contributed by atoms with Crippen LogP contribution in [0.4, 0.5) is 0 Å². The molecule has 0 aliphatic rings. The molecule has 0 bridgehead atoms. The Morgan fingerprint density at radius 2 is 0.867 bits per heavy atom. The van der Waals surface area contributed by atoms with Gasteiger partial charge in [0.2, 0.25) is 0 Å². The van der Waals surface area contributed by atoms with E-state index in [4.69, 9.17) is 11.3 Å². The standard InChI is InChI=1S/C44H28O/c1-3-13-29(14-4-1)31-23-25-34-35-26-24-32(28-42(35)45-41(34)27-31)43-37-19-9-11-21-39(37)44(40-22-12-10-20-38(40)43)36-18-8-7-17-33(36)30-15-5-2-6-16-30/h1-28H/i1D,3D,4D,13D,14D. The van der Waals surface area contributed by atoms with Gasteiger partial charge in [-0.05, 0) is 90.3 Å².